The van der Waals surface area contributed by atoms with Crippen LogP contribution in [0.3, 0.4) is 0 Å². The Morgan fingerprint density at radius 3 is 3.16 bits per heavy atom. The first kappa shape index (κ1) is 19.6. The van der Waals surface area contributed by atoms with Crippen molar-refractivity contribution < 1.29 is 39.9 Å². The number of benzene rings is 1. The van der Waals surface area contributed by atoms with E-state index in [2.05, 4.69) is 24.3 Å². The molecule has 164 valence electrons. The van der Waals surface area contributed by atoms with Gasteiger partial charge in [-0.1, -0.05) is 0 Å². The van der Waals surface area contributed by atoms with E-state index in [9.17, 15) is 9.18 Å². The average Bonchev–Trinajstić information content (AvgIpc) is 3.12. The normalized spacial score (nSPS) is 18.5. The van der Waals surface area contributed by atoms with Crippen molar-refractivity contribution in [3.8, 4) is 22.8 Å². The van der Waals surface area contributed by atoms with Crippen LogP contribution >= 0.6 is 0 Å². The number of pyridine rings is 1. The number of para-hydroxylation sites is 1. The molecule has 0 bridgehead atoms. The number of fused-ring (bicyclic) bond motifs is 2. The summed E-state index contributed by atoms with van der Waals surface area (Å²) in [6, 6.07) is 6.60. The molecule has 6 rings (SSSR count). The van der Waals surface area contributed by atoms with Crippen LogP contribution in [0.5, 0.6) is 11.5 Å². The summed E-state index contributed by atoms with van der Waals surface area (Å²) in [4.78, 5) is 17.4. The quantitative estimate of drug-likeness (QED) is 0.378. The number of rotatable bonds is 3. The number of hydrogen-bond donors (Lipinski definition) is 2. The monoisotopic (exact) mass is 545 g/mol. The van der Waals surface area contributed by atoms with Crippen molar-refractivity contribution in [3.05, 3.63) is 57.8 Å². The van der Waals surface area contributed by atoms with Crippen LogP contribution in [0.2, 0.25) is 0 Å². The molecule has 0 radical (unpaired) electrons. The summed E-state index contributed by atoms with van der Waals surface area (Å²) in [5.41, 5.74) is 5.54. The van der Waals surface area contributed by atoms with Gasteiger partial charge in [-0.15, -0.1) is 0 Å². The Hall–Kier alpha value is -3.08. The summed E-state index contributed by atoms with van der Waals surface area (Å²) in [5, 5.41) is 6.40. The van der Waals surface area contributed by atoms with Crippen LogP contribution in [0.1, 0.15) is 26.4 Å². The summed E-state index contributed by atoms with van der Waals surface area (Å²) in [6.07, 6.45) is 4.15. The molecule has 7 nitrogen and oxygen atoms in total. The summed E-state index contributed by atoms with van der Waals surface area (Å²) in [5.74, 6) is 0.155. The first-order valence-corrected chi connectivity index (χ1v) is 12.7. The van der Waals surface area contributed by atoms with Crippen molar-refractivity contribution in [3.63, 3.8) is 0 Å². The molecule has 3 aliphatic heterocycles. The third kappa shape index (κ3) is 2.83. The summed E-state index contributed by atoms with van der Waals surface area (Å²) in [6.45, 7) is 1.17. The van der Waals surface area contributed by atoms with Gasteiger partial charge in [0.2, 0.25) is 0 Å². The Balaban J connectivity index is 1.68. The summed E-state index contributed by atoms with van der Waals surface area (Å²) in [7, 11) is 1.43. The number of halogens is 2. The molecule has 0 saturated heterocycles. The van der Waals surface area contributed by atoms with Gasteiger partial charge in [0.05, 0.1) is 0 Å². The predicted octanol–water partition coefficient (Wildman–Crippen LogP) is 0.909. The Bertz CT molecular complexity index is 1300. The molecule has 2 N–H and O–H groups in total. The maximum atomic E-state index is 14.4. The zero-order valence-electron chi connectivity index (χ0n) is 17.1. The van der Waals surface area contributed by atoms with Crippen LogP contribution in [0, 0.1) is 5.82 Å². The maximum absolute atomic E-state index is 14.4. The van der Waals surface area contributed by atoms with E-state index in [1.54, 1.807) is 24.5 Å². The first-order valence-electron chi connectivity index (χ1n) is 10.2. The second-order valence-corrected chi connectivity index (χ2v) is 10.5. The van der Waals surface area contributed by atoms with Gasteiger partial charge in [-0.05, 0) is 0 Å². The van der Waals surface area contributed by atoms with Gasteiger partial charge < -0.3 is 0 Å². The van der Waals surface area contributed by atoms with Crippen molar-refractivity contribution in [1.82, 2.24) is 14.9 Å². The number of alkyl halides is 1. The molecule has 9 heteroatoms. The summed E-state index contributed by atoms with van der Waals surface area (Å²) < 4.78 is 30.6. The molecule has 1 aromatic carbocycles. The van der Waals surface area contributed by atoms with Gasteiger partial charge in [-0.2, -0.15) is 0 Å². The van der Waals surface area contributed by atoms with Gasteiger partial charge >= 0.3 is 194 Å². The van der Waals surface area contributed by atoms with Crippen LogP contribution in [-0.2, 0) is 0 Å². The molecular weight excluding hydrogens is 526 g/mol. The number of ether oxygens (including phenoxy) is 2. The predicted molar refractivity (Wildman–Crippen MR) is 113 cm³/mol. The van der Waals surface area contributed by atoms with Crippen LogP contribution in [0.4, 0.5) is 15.8 Å². The SMILES string of the molecule is COc1c(F)cccc1Nc1c2c3n4c1-c1ccncc1OCCC4=C[I-][C@@H]3CNC2=O. The number of methoxy groups -OCH3 is 1. The average molecular weight is 545 g/mol. The standard InChI is InChI=1S/C23H19FIN4O3/c1-31-22-14(24)3-2-4-16(22)28-19-18-21-15(10-27-23(18)30)25-9-12-6-8-32-17-11-26-7-5-13(17)20(19)29(12)21/h2-5,7,9,11,15,28H,6,8,10H2,1H3,(H,27,30)/q-1/t15-/m1/s1. The van der Waals surface area contributed by atoms with Gasteiger partial charge in [-0.25, -0.2) is 0 Å². The van der Waals surface area contributed by atoms with Crippen molar-refractivity contribution in [2.75, 3.05) is 25.6 Å². The molecule has 0 saturated carbocycles. The van der Waals surface area contributed by atoms with Crippen LogP contribution < -0.4 is 41.3 Å². The van der Waals surface area contributed by atoms with Crippen LogP contribution in [0.25, 0.3) is 17.0 Å². The third-order valence-corrected chi connectivity index (χ3v) is 8.86. The van der Waals surface area contributed by atoms with Crippen LogP contribution in [-0.4, -0.2) is 35.7 Å². The zero-order valence-corrected chi connectivity index (χ0v) is 19.3. The van der Waals surface area contributed by atoms with E-state index < -0.39 is 5.82 Å². The summed E-state index contributed by atoms with van der Waals surface area (Å²) >= 11 is -0.280. The molecule has 1 atom stereocenters. The molecule has 0 unspecified atom stereocenters. The molecule has 32 heavy (non-hydrogen) atoms. The van der Waals surface area contributed by atoms with Gasteiger partial charge in [0, 0.05) is 0 Å². The number of carbonyl (C=O) groups excluding carboxylic acids is 1. The van der Waals surface area contributed by atoms with Gasteiger partial charge in [0.1, 0.15) is 0 Å². The number of anilines is 2. The van der Waals surface area contributed by atoms with Gasteiger partial charge in [0.15, 0.2) is 0 Å². The van der Waals surface area contributed by atoms with Crippen LogP contribution in [0.15, 0.2) is 40.7 Å². The minimum atomic E-state index is -0.473. The van der Waals surface area contributed by atoms with Gasteiger partial charge in [-0.3, -0.25) is 0 Å². The molecular formula is C23H19FIN4O3-. The molecule has 2 aromatic heterocycles. The Kier molecular flexibility index (Phi) is 4.60. The Morgan fingerprint density at radius 2 is 2.28 bits per heavy atom. The number of nitrogens with one attached hydrogen (secondary N) is 2. The molecule has 3 aliphatic rings. The van der Waals surface area contributed by atoms with E-state index in [4.69, 9.17) is 9.47 Å². The fourth-order valence-electron chi connectivity index (χ4n) is 4.53. The Labute approximate surface area is 193 Å². The second-order valence-electron chi connectivity index (χ2n) is 7.64. The Morgan fingerprint density at radius 1 is 1.38 bits per heavy atom. The zero-order chi connectivity index (χ0) is 21.8. The third-order valence-electron chi connectivity index (χ3n) is 5.89. The minimum absolute atomic E-state index is 0.101. The van der Waals surface area contributed by atoms with Gasteiger partial charge in [0.25, 0.3) is 0 Å². The molecule has 1 amide bonds. The molecule has 0 spiro atoms. The fraction of sp³-hybridized carbons (Fsp3) is 0.217. The molecule has 5 heterocycles. The van der Waals surface area contributed by atoms with E-state index in [1.165, 1.54) is 13.2 Å². The molecule has 0 fully saturated rings. The molecule has 3 aromatic rings. The number of hydrogen-bond acceptors (Lipinski definition) is 5. The van der Waals surface area contributed by atoms with E-state index in [0.29, 0.717) is 35.8 Å². The van der Waals surface area contributed by atoms with E-state index >= 15 is 0 Å². The van der Waals surface area contributed by atoms with Crippen molar-refractivity contribution in [1.29, 1.82) is 0 Å². The number of aromatic nitrogens is 2. The van der Waals surface area contributed by atoms with E-state index in [-0.39, 0.29) is 36.8 Å². The second kappa shape index (κ2) is 7.51. The van der Waals surface area contributed by atoms with E-state index in [0.717, 1.165) is 29.1 Å². The van der Waals surface area contributed by atoms with Crippen molar-refractivity contribution in [2.45, 2.75) is 10.3 Å². The van der Waals surface area contributed by atoms with Crippen molar-refractivity contribution in [2.24, 2.45) is 0 Å². The fourth-order valence-corrected chi connectivity index (χ4v) is 7.38. The molecule has 0 aliphatic carbocycles. The number of nitrogens with zero attached hydrogens (tertiary/aromatic N) is 2. The topological polar surface area (TPSA) is 77.4 Å². The van der Waals surface area contributed by atoms with Crippen molar-refractivity contribution >= 4 is 23.0 Å². The number of amides is 1. The number of carbonyl (C=O) groups is 1. The van der Waals surface area contributed by atoms with E-state index in [1.807, 2.05) is 6.07 Å². The first-order chi connectivity index (χ1) is 15.7.